The summed E-state index contributed by atoms with van der Waals surface area (Å²) in [6.45, 7) is 3.36. The number of halogens is 1. The zero-order valence-electron chi connectivity index (χ0n) is 17.1. The van der Waals surface area contributed by atoms with Crippen LogP contribution in [0, 0.1) is 13.8 Å². The van der Waals surface area contributed by atoms with Crippen molar-refractivity contribution in [1.82, 2.24) is 15.0 Å². The van der Waals surface area contributed by atoms with E-state index in [1.807, 2.05) is 6.92 Å². The number of rotatable bonds is 6. The lowest BCUT2D eigenvalue weighted by molar-refractivity contribution is -0.117. The molecular weight excluding hydrogens is 422 g/mol. The van der Waals surface area contributed by atoms with E-state index in [2.05, 4.69) is 25.7 Å². The zero-order valence-corrected chi connectivity index (χ0v) is 17.9. The van der Waals surface area contributed by atoms with E-state index in [1.54, 1.807) is 49.4 Å². The molecule has 160 valence electrons. The van der Waals surface area contributed by atoms with Crippen molar-refractivity contribution in [2.75, 3.05) is 17.7 Å². The molecule has 1 aromatic heterocycles. The van der Waals surface area contributed by atoms with Gasteiger partial charge in [-0.25, -0.2) is 9.48 Å². The van der Waals surface area contributed by atoms with Gasteiger partial charge in [-0.15, -0.1) is 5.10 Å². The van der Waals surface area contributed by atoms with Crippen molar-refractivity contribution in [1.29, 1.82) is 0 Å². The van der Waals surface area contributed by atoms with Crippen LogP contribution in [0.1, 0.15) is 32.1 Å². The van der Waals surface area contributed by atoms with E-state index in [-0.39, 0.29) is 18.1 Å². The number of aryl methyl sites for hydroxylation is 1. The topological polar surface area (TPSA) is 115 Å². The fourth-order valence-corrected chi connectivity index (χ4v) is 2.95. The largest absolute Gasteiger partial charge is 0.465 e. The maximum Gasteiger partial charge on any atom is 0.337 e. The maximum absolute atomic E-state index is 12.6. The fourth-order valence-electron chi connectivity index (χ4n) is 2.77. The standard InChI is InChI=1S/C21H20ClN5O4/c1-12-4-7-15(22)10-17(12)24-20(29)19-13(2)27(26-25-19)11-18(28)23-16-8-5-14(6-9-16)21(30)31-3/h4-10H,11H2,1-3H3,(H,23,28)(H,24,29). The number of methoxy groups -OCH3 is 1. The molecule has 0 unspecified atom stereocenters. The van der Waals surface area contributed by atoms with Gasteiger partial charge in [0, 0.05) is 16.4 Å². The summed E-state index contributed by atoms with van der Waals surface area (Å²) < 4.78 is 5.97. The van der Waals surface area contributed by atoms with Crippen LogP contribution < -0.4 is 10.6 Å². The number of carbonyl (C=O) groups is 3. The number of carbonyl (C=O) groups excluding carboxylic acids is 3. The Bertz CT molecular complexity index is 1140. The third-order valence-electron chi connectivity index (χ3n) is 4.53. The summed E-state index contributed by atoms with van der Waals surface area (Å²) >= 11 is 5.99. The van der Waals surface area contributed by atoms with Crippen molar-refractivity contribution in [2.45, 2.75) is 20.4 Å². The van der Waals surface area contributed by atoms with Crippen LogP contribution in [-0.4, -0.2) is 39.9 Å². The predicted molar refractivity (Wildman–Crippen MR) is 115 cm³/mol. The maximum atomic E-state index is 12.6. The lowest BCUT2D eigenvalue weighted by Gasteiger charge is -2.09. The van der Waals surface area contributed by atoms with Gasteiger partial charge in [-0.05, 0) is 55.8 Å². The third kappa shape index (κ3) is 5.26. The minimum Gasteiger partial charge on any atom is -0.465 e. The molecule has 0 aliphatic heterocycles. The first kappa shape index (κ1) is 22.0. The van der Waals surface area contributed by atoms with Crippen LogP contribution in [0.4, 0.5) is 11.4 Å². The predicted octanol–water partition coefficient (Wildman–Crippen LogP) is 3.23. The molecule has 2 N–H and O–H groups in total. The molecule has 0 spiro atoms. The molecule has 0 aliphatic carbocycles. The molecule has 2 aromatic carbocycles. The van der Waals surface area contributed by atoms with Gasteiger partial charge in [0.1, 0.15) is 6.54 Å². The molecule has 0 radical (unpaired) electrons. The van der Waals surface area contributed by atoms with Crippen molar-refractivity contribution in [3.63, 3.8) is 0 Å². The number of benzene rings is 2. The highest BCUT2D eigenvalue weighted by Crippen LogP contribution is 2.21. The zero-order chi connectivity index (χ0) is 22.5. The molecular formula is C21H20ClN5O4. The van der Waals surface area contributed by atoms with E-state index < -0.39 is 11.9 Å². The molecule has 1 heterocycles. The Labute approximate surface area is 183 Å². The summed E-state index contributed by atoms with van der Waals surface area (Å²) in [6.07, 6.45) is 0. The number of hydrogen-bond acceptors (Lipinski definition) is 6. The van der Waals surface area contributed by atoms with Crippen LogP contribution in [0.25, 0.3) is 0 Å². The summed E-state index contributed by atoms with van der Waals surface area (Å²) in [5.41, 5.74) is 2.84. The normalized spacial score (nSPS) is 10.5. The van der Waals surface area contributed by atoms with Gasteiger partial charge in [0.05, 0.1) is 18.4 Å². The second kappa shape index (κ2) is 9.40. The molecule has 9 nitrogen and oxygen atoms in total. The molecule has 0 atom stereocenters. The van der Waals surface area contributed by atoms with E-state index in [0.717, 1.165) is 5.56 Å². The number of aromatic nitrogens is 3. The van der Waals surface area contributed by atoms with Crippen molar-refractivity contribution >= 4 is 40.8 Å². The number of anilines is 2. The van der Waals surface area contributed by atoms with Crippen LogP contribution in [0.3, 0.4) is 0 Å². The molecule has 10 heteroatoms. The number of nitrogens with zero attached hydrogens (tertiary/aromatic N) is 3. The minimum atomic E-state index is -0.463. The summed E-state index contributed by atoms with van der Waals surface area (Å²) in [5, 5.41) is 13.8. The molecule has 3 rings (SSSR count). The summed E-state index contributed by atoms with van der Waals surface area (Å²) in [5.74, 6) is -1.28. The summed E-state index contributed by atoms with van der Waals surface area (Å²) in [7, 11) is 1.29. The first-order valence-electron chi connectivity index (χ1n) is 9.24. The summed E-state index contributed by atoms with van der Waals surface area (Å²) in [4.78, 5) is 36.4. The molecule has 3 aromatic rings. The first-order valence-corrected chi connectivity index (χ1v) is 9.62. The van der Waals surface area contributed by atoms with Gasteiger partial charge in [0.25, 0.3) is 5.91 Å². The number of nitrogens with one attached hydrogen (secondary N) is 2. The average Bonchev–Trinajstić information content (AvgIpc) is 3.10. The van der Waals surface area contributed by atoms with Gasteiger partial charge in [0.15, 0.2) is 5.69 Å². The van der Waals surface area contributed by atoms with Crippen molar-refractivity contribution in [3.05, 3.63) is 70.0 Å². The van der Waals surface area contributed by atoms with Crippen molar-refractivity contribution < 1.29 is 19.1 Å². The van der Waals surface area contributed by atoms with Gasteiger partial charge < -0.3 is 15.4 Å². The summed E-state index contributed by atoms with van der Waals surface area (Å²) in [6, 6.07) is 11.4. The van der Waals surface area contributed by atoms with Gasteiger partial charge in [-0.1, -0.05) is 22.9 Å². The molecule has 0 fully saturated rings. The number of esters is 1. The third-order valence-corrected chi connectivity index (χ3v) is 4.76. The molecule has 0 bridgehead atoms. The van der Waals surface area contributed by atoms with E-state index in [0.29, 0.717) is 27.7 Å². The SMILES string of the molecule is COC(=O)c1ccc(NC(=O)Cn2nnc(C(=O)Nc3cc(Cl)ccc3C)c2C)cc1. The Hall–Kier alpha value is -3.72. The fraction of sp³-hybridized carbons (Fsp3) is 0.190. The van der Waals surface area contributed by atoms with Crippen molar-refractivity contribution in [2.24, 2.45) is 0 Å². The van der Waals surface area contributed by atoms with Gasteiger partial charge in [0.2, 0.25) is 5.91 Å². The second-order valence-corrected chi connectivity index (χ2v) is 7.15. The Morgan fingerprint density at radius 1 is 1.06 bits per heavy atom. The molecule has 31 heavy (non-hydrogen) atoms. The van der Waals surface area contributed by atoms with E-state index in [9.17, 15) is 14.4 Å². The highest BCUT2D eigenvalue weighted by atomic mass is 35.5. The van der Waals surface area contributed by atoms with E-state index in [1.165, 1.54) is 11.8 Å². The molecule has 0 saturated heterocycles. The number of hydrogen-bond donors (Lipinski definition) is 2. The van der Waals surface area contributed by atoms with Crippen molar-refractivity contribution in [3.8, 4) is 0 Å². The van der Waals surface area contributed by atoms with Crippen LogP contribution in [0.5, 0.6) is 0 Å². The lowest BCUT2D eigenvalue weighted by atomic mass is 10.2. The minimum absolute atomic E-state index is 0.106. The van der Waals surface area contributed by atoms with Gasteiger partial charge in [-0.2, -0.15) is 0 Å². The Morgan fingerprint density at radius 2 is 1.77 bits per heavy atom. The quantitative estimate of drug-likeness (QED) is 0.567. The van der Waals surface area contributed by atoms with Crippen LogP contribution >= 0.6 is 11.6 Å². The number of ether oxygens (including phenoxy) is 1. The molecule has 0 saturated carbocycles. The Balaban J connectivity index is 1.65. The Kier molecular flexibility index (Phi) is 6.66. The second-order valence-electron chi connectivity index (χ2n) is 6.71. The van der Waals surface area contributed by atoms with Crippen LogP contribution in [-0.2, 0) is 16.1 Å². The number of amides is 2. The first-order chi connectivity index (χ1) is 14.8. The van der Waals surface area contributed by atoms with Crippen LogP contribution in [0.15, 0.2) is 42.5 Å². The average molecular weight is 442 g/mol. The highest BCUT2D eigenvalue weighted by Gasteiger charge is 2.19. The van der Waals surface area contributed by atoms with Gasteiger partial charge >= 0.3 is 5.97 Å². The molecule has 2 amide bonds. The van der Waals surface area contributed by atoms with E-state index in [4.69, 9.17) is 11.6 Å². The van der Waals surface area contributed by atoms with Crippen LogP contribution in [0.2, 0.25) is 5.02 Å². The monoisotopic (exact) mass is 441 g/mol. The smallest absolute Gasteiger partial charge is 0.337 e. The van der Waals surface area contributed by atoms with Gasteiger partial charge in [-0.3, -0.25) is 9.59 Å². The molecule has 0 aliphatic rings. The lowest BCUT2D eigenvalue weighted by Crippen LogP contribution is -2.21. The van der Waals surface area contributed by atoms with E-state index >= 15 is 0 Å². The Morgan fingerprint density at radius 3 is 2.45 bits per heavy atom. The highest BCUT2D eigenvalue weighted by molar-refractivity contribution is 6.31.